The zero-order chi connectivity index (χ0) is 12.0. The molecule has 1 aromatic carbocycles. The lowest BCUT2D eigenvalue weighted by Gasteiger charge is -2.08. The van der Waals surface area contributed by atoms with Gasteiger partial charge in [-0.15, -0.1) is 0 Å². The maximum atomic E-state index is 9.09. The van der Waals surface area contributed by atoms with Crippen LogP contribution in [0.2, 0.25) is 5.02 Å². The highest BCUT2D eigenvalue weighted by atomic mass is 79.9. The SMILES string of the molecule is CC(O)CCCNCc1cc(Br)ccc1Cl. The van der Waals surface area contributed by atoms with Crippen molar-refractivity contribution in [2.45, 2.75) is 32.4 Å². The molecular formula is C12H17BrClNO. The molecule has 0 bridgehead atoms. The van der Waals surface area contributed by atoms with E-state index in [1.165, 1.54) is 0 Å². The first kappa shape index (κ1) is 14.0. The maximum Gasteiger partial charge on any atom is 0.0512 e. The topological polar surface area (TPSA) is 32.3 Å². The molecule has 90 valence electrons. The number of hydrogen-bond acceptors (Lipinski definition) is 2. The van der Waals surface area contributed by atoms with Crippen molar-refractivity contribution in [2.75, 3.05) is 6.54 Å². The van der Waals surface area contributed by atoms with Crippen LogP contribution in [0.15, 0.2) is 22.7 Å². The van der Waals surface area contributed by atoms with Crippen molar-refractivity contribution < 1.29 is 5.11 Å². The Bertz CT molecular complexity index is 331. The normalized spacial score (nSPS) is 12.8. The molecule has 0 radical (unpaired) electrons. The summed E-state index contributed by atoms with van der Waals surface area (Å²) in [4.78, 5) is 0. The van der Waals surface area contributed by atoms with E-state index in [-0.39, 0.29) is 6.10 Å². The van der Waals surface area contributed by atoms with Gasteiger partial charge in [-0.1, -0.05) is 27.5 Å². The van der Waals surface area contributed by atoms with Crippen LogP contribution < -0.4 is 5.32 Å². The second-order valence-electron chi connectivity index (χ2n) is 3.90. The molecule has 0 aliphatic heterocycles. The van der Waals surface area contributed by atoms with Crippen LogP contribution in [0.4, 0.5) is 0 Å². The van der Waals surface area contributed by atoms with E-state index in [4.69, 9.17) is 16.7 Å². The predicted molar refractivity (Wildman–Crippen MR) is 71.8 cm³/mol. The summed E-state index contributed by atoms with van der Waals surface area (Å²) in [6, 6.07) is 5.84. The molecule has 0 aliphatic carbocycles. The molecule has 1 rings (SSSR count). The van der Waals surface area contributed by atoms with Crippen LogP contribution in [0, 0.1) is 0 Å². The third kappa shape index (κ3) is 5.30. The average molecular weight is 307 g/mol. The van der Waals surface area contributed by atoms with E-state index in [9.17, 15) is 0 Å². The van der Waals surface area contributed by atoms with Gasteiger partial charge in [0, 0.05) is 16.0 Å². The number of nitrogens with one attached hydrogen (secondary N) is 1. The molecule has 0 saturated carbocycles. The third-order valence-electron chi connectivity index (χ3n) is 2.30. The Morgan fingerprint density at radius 3 is 2.94 bits per heavy atom. The summed E-state index contributed by atoms with van der Waals surface area (Å²) in [7, 11) is 0. The first-order valence-electron chi connectivity index (χ1n) is 5.42. The molecule has 1 atom stereocenters. The first-order chi connectivity index (χ1) is 7.59. The minimum absolute atomic E-state index is 0.212. The van der Waals surface area contributed by atoms with Gasteiger partial charge in [0.2, 0.25) is 0 Å². The number of hydrogen-bond donors (Lipinski definition) is 2. The van der Waals surface area contributed by atoms with Gasteiger partial charge in [0.15, 0.2) is 0 Å². The van der Waals surface area contributed by atoms with Crippen molar-refractivity contribution >= 4 is 27.5 Å². The fourth-order valence-corrected chi connectivity index (χ4v) is 2.02. The number of rotatable bonds is 6. The molecule has 0 aliphatic rings. The molecular weight excluding hydrogens is 289 g/mol. The van der Waals surface area contributed by atoms with E-state index < -0.39 is 0 Å². The average Bonchev–Trinajstić information content (AvgIpc) is 2.22. The standard InChI is InChI=1S/C12H17BrClNO/c1-9(16)3-2-6-15-8-10-7-11(13)4-5-12(10)14/h4-5,7,9,15-16H,2-3,6,8H2,1H3. The van der Waals surface area contributed by atoms with Gasteiger partial charge in [-0.2, -0.15) is 0 Å². The van der Waals surface area contributed by atoms with Crippen molar-refractivity contribution in [1.82, 2.24) is 5.32 Å². The summed E-state index contributed by atoms with van der Waals surface area (Å²) in [6.45, 7) is 3.47. The van der Waals surface area contributed by atoms with E-state index >= 15 is 0 Å². The largest absolute Gasteiger partial charge is 0.393 e. The summed E-state index contributed by atoms with van der Waals surface area (Å²) in [6.07, 6.45) is 1.60. The van der Waals surface area contributed by atoms with Gasteiger partial charge in [0.1, 0.15) is 0 Å². The molecule has 0 heterocycles. The van der Waals surface area contributed by atoms with Gasteiger partial charge in [-0.25, -0.2) is 0 Å². The van der Waals surface area contributed by atoms with Crippen molar-refractivity contribution in [2.24, 2.45) is 0 Å². The molecule has 1 unspecified atom stereocenters. The molecule has 16 heavy (non-hydrogen) atoms. The summed E-state index contributed by atoms with van der Waals surface area (Å²) in [5.41, 5.74) is 1.09. The molecule has 1 aromatic rings. The Kier molecular flexibility index (Phi) is 6.36. The van der Waals surface area contributed by atoms with Crippen molar-refractivity contribution in [3.63, 3.8) is 0 Å². The van der Waals surface area contributed by atoms with Gasteiger partial charge in [0.05, 0.1) is 6.10 Å². The molecule has 0 spiro atoms. The molecule has 2 nitrogen and oxygen atoms in total. The lowest BCUT2D eigenvalue weighted by molar-refractivity contribution is 0.181. The fourth-order valence-electron chi connectivity index (χ4n) is 1.42. The van der Waals surface area contributed by atoms with Gasteiger partial charge < -0.3 is 10.4 Å². The molecule has 0 amide bonds. The molecule has 0 saturated heterocycles. The van der Waals surface area contributed by atoms with Gasteiger partial charge >= 0.3 is 0 Å². The number of aliphatic hydroxyl groups excluding tert-OH is 1. The minimum Gasteiger partial charge on any atom is -0.393 e. The van der Waals surface area contributed by atoms with Gasteiger partial charge in [-0.05, 0) is 50.1 Å². The van der Waals surface area contributed by atoms with E-state index in [0.717, 1.165) is 41.0 Å². The molecule has 0 fully saturated rings. The van der Waals surface area contributed by atoms with Crippen LogP contribution in [0.1, 0.15) is 25.3 Å². The summed E-state index contributed by atoms with van der Waals surface area (Å²) >= 11 is 9.48. The van der Waals surface area contributed by atoms with Gasteiger partial charge in [-0.3, -0.25) is 0 Å². The summed E-state index contributed by atoms with van der Waals surface area (Å²) in [5.74, 6) is 0. The quantitative estimate of drug-likeness (QED) is 0.790. The molecule has 0 aromatic heterocycles. The predicted octanol–water partition coefficient (Wildman–Crippen LogP) is 3.35. The fraction of sp³-hybridized carbons (Fsp3) is 0.500. The maximum absolute atomic E-state index is 9.09. The van der Waals surface area contributed by atoms with E-state index in [1.807, 2.05) is 25.1 Å². The molecule has 2 N–H and O–H groups in total. The number of benzene rings is 1. The number of aliphatic hydroxyl groups is 1. The van der Waals surface area contributed by atoms with Gasteiger partial charge in [0.25, 0.3) is 0 Å². The lowest BCUT2D eigenvalue weighted by Crippen LogP contribution is -2.16. The highest BCUT2D eigenvalue weighted by Crippen LogP contribution is 2.20. The minimum atomic E-state index is -0.212. The monoisotopic (exact) mass is 305 g/mol. The highest BCUT2D eigenvalue weighted by Gasteiger charge is 2.01. The van der Waals surface area contributed by atoms with Crippen LogP contribution in [0.25, 0.3) is 0 Å². The van der Waals surface area contributed by atoms with Crippen LogP contribution in [0.5, 0.6) is 0 Å². The van der Waals surface area contributed by atoms with Crippen molar-refractivity contribution in [1.29, 1.82) is 0 Å². The second-order valence-corrected chi connectivity index (χ2v) is 5.23. The Morgan fingerprint density at radius 2 is 2.25 bits per heavy atom. The zero-order valence-corrected chi connectivity index (χ0v) is 11.7. The smallest absolute Gasteiger partial charge is 0.0512 e. The van der Waals surface area contributed by atoms with Crippen LogP contribution >= 0.6 is 27.5 Å². The van der Waals surface area contributed by atoms with Crippen LogP contribution in [0.3, 0.4) is 0 Å². The Hall–Kier alpha value is -0.0900. The highest BCUT2D eigenvalue weighted by molar-refractivity contribution is 9.10. The second kappa shape index (κ2) is 7.28. The molecule has 4 heteroatoms. The Morgan fingerprint density at radius 1 is 1.50 bits per heavy atom. The van der Waals surface area contributed by atoms with E-state index in [2.05, 4.69) is 21.2 Å². The Balaban J connectivity index is 2.29. The zero-order valence-electron chi connectivity index (χ0n) is 9.34. The van der Waals surface area contributed by atoms with Crippen LogP contribution in [-0.2, 0) is 6.54 Å². The third-order valence-corrected chi connectivity index (χ3v) is 3.16. The van der Waals surface area contributed by atoms with Crippen molar-refractivity contribution in [3.05, 3.63) is 33.3 Å². The van der Waals surface area contributed by atoms with Crippen molar-refractivity contribution in [3.8, 4) is 0 Å². The number of halogens is 2. The lowest BCUT2D eigenvalue weighted by atomic mass is 10.2. The summed E-state index contributed by atoms with van der Waals surface area (Å²) < 4.78 is 1.04. The first-order valence-corrected chi connectivity index (χ1v) is 6.59. The Labute approximate surface area is 110 Å². The van der Waals surface area contributed by atoms with E-state index in [0.29, 0.717) is 0 Å². The van der Waals surface area contributed by atoms with E-state index in [1.54, 1.807) is 0 Å². The summed E-state index contributed by atoms with van der Waals surface area (Å²) in [5, 5.41) is 13.2. The van der Waals surface area contributed by atoms with Crippen LogP contribution in [-0.4, -0.2) is 17.8 Å².